The first-order valence-corrected chi connectivity index (χ1v) is 14.6. The van der Waals surface area contributed by atoms with Crippen LogP contribution in [0.4, 0.5) is 0 Å². The molecule has 0 aliphatic carbocycles. The van der Waals surface area contributed by atoms with Gasteiger partial charge >= 0.3 is 11.9 Å². The Balaban J connectivity index is 5.31. The van der Waals surface area contributed by atoms with Crippen molar-refractivity contribution in [1.29, 1.82) is 0 Å². The van der Waals surface area contributed by atoms with E-state index in [2.05, 4.69) is 37.2 Å². The number of carboxylic acids is 2. The van der Waals surface area contributed by atoms with Crippen molar-refractivity contribution in [2.45, 2.75) is 96.7 Å². The summed E-state index contributed by atoms with van der Waals surface area (Å²) in [6, 6.07) is -8.01. The van der Waals surface area contributed by atoms with E-state index in [9.17, 15) is 53.4 Å². The van der Waals surface area contributed by atoms with E-state index in [0.29, 0.717) is 0 Å². The first kappa shape index (κ1) is 42.1. The topological polar surface area (TPSA) is 325 Å². The predicted octanol–water partition coefficient (Wildman–Crippen LogP) is -4.98. The number of nitrogens with one attached hydrogen (secondary N) is 7. The van der Waals surface area contributed by atoms with Crippen LogP contribution in [0.3, 0.4) is 0 Å². The molecule has 0 rings (SSSR count). The molecule has 0 aromatic rings. The Bertz CT molecular complexity index is 1180. The van der Waals surface area contributed by atoms with Crippen LogP contribution in [0.15, 0.2) is 0 Å². The van der Waals surface area contributed by atoms with E-state index < -0.39 is 121 Å². The number of aliphatic hydroxyl groups is 1. The van der Waals surface area contributed by atoms with Gasteiger partial charge in [-0.1, -0.05) is 13.8 Å². The first-order valence-electron chi connectivity index (χ1n) is 14.6. The average molecular weight is 675 g/mol. The van der Waals surface area contributed by atoms with Crippen LogP contribution in [0, 0.1) is 5.92 Å². The summed E-state index contributed by atoms with van der Waals surface area (Å²) in [5.41, 5.74) is 5.17. The van der Waals surface area contributed by atoms with Gasteiger partial charge in [-0.3, -0.25) is 38.4 Å². The van der Waals surface area contributed by atoms with E-state index >= 15 is 0 Å². The summed E-state index contributed by atoms with van der Waals surface area (Å²) in [6.07, 6.45) is -2.58. The maximum Gasteiger partial charge on any atom is 0.326 e. The van der Waals surface area contributed by atoms with E-state index in [1.807, 2.05) is 0 Å². The van der Waals surface area contributed by atoms with E-state index in [-0.39, 0.29) is 6.54 Å². The molecule has 0 saturated heterocycles. The van der Waals surface area contributed by atoms with Gasteiger partial charge in [-0.05, 0) is 40.0 Å². The largest absolute Gasteiger partial charge is 0.481 e. The summed E-state index contributed by atoms with van der Waals surface area (Å²) in [4.78, 5) is 109. The van der Waals surface area contributed by atoms with Crippen molar-refractivity contribution in [3.8, 4) is 0 Å². The second kappa shape index (κ2) is 20.3. The molecular weight excluding hydrogens is 628 g/mol. The number of carbonyl (C=O) groups excluding carboxylic acids is 7. The summed E-state index contributed by atoms with van der Waals surface area (Å²) in [5.74, 6) is -9.18. The minimum absolute atomic E-state index is 0.341. The van der Waals surface area contributed by atoms with E-state index in [1.165, 1.54) is 34.6 Å². The number of aliphatic carboxylic acids is 2. The standard InChI is InChI=1S/C27H46N8O12/c1-11(2)20(27(46)47)34-26(45)21(15(6)36)35-25(44)16(7-8-19(39)40)33-24(43)14(5)31-18(38)10-29-22(41)12(3)32-23(42)13(4)30-17(37)9-28/h11-16,20-21,36H,7-10,28H2,1-6H3,(H,29,41)(H,30,37)(H,31,38)(H,32,42)(H,33,43)(H,34,45)(H,35,44)(H,39,40)(H,46,47). The summed E-state index contributed by atoms with van der Waals surface area (Å²) in [6.45, 7) is 7.15. The smallest absolute Gasteiger partial charge is 0.326 e. The van der Waals surface area contributed by atoms with Crippen molar-refractivity contribution in [3.05, 3.63) is 0 Å². The third kappa shape index (κ3) is 15.8. The molecule has 0 fully saturated rings. The summed E-state index contributed by atoms with van der Waals surface area (Å²) in [5, 5.41) is 44.4. The van der Waals surface area contributed by atoms with Crippen LogP contribution in [0.2, 0.25) is 0 Å². The number of amides is 7. The van der Waals surface area contributed by atoms with Gasteiger partial charge < -0.3 is 58.3 Å². The maximum absolute atomic E-state index is 13.0. The Morgan fingerprint density at radius 1 is 0.596 bits per heavy atom. The van der Waals surface area contributed by atoms with Gasteiger partial charge in [0.15, 0.2) is 0 Å². The molecule has 0 heterocycles. The number of hydrogen-bond acceptors (Lipinski definition) is 11. The van der Waals surface area contributed by atoms with Crippen LogP contribution in [-0.4, -0.2) is 124 Å². The molecule has 0 aliphatic heterocycles. The van der Waals surface area contributed by atoms with Crippen LogP contribution in [-0.2, 0) is 43.2 Å². The molecule has 0 spiro atoms. The summed E-state index contributed by atoms with van der Waals surface area (Å²) < 4.78 is 0. The van der Waals surface area contributed by atoms with Crippen LogP contribution < -0.4 is 43.0 Å². The number of carboxylic acid groups (broad SMARTS) is 2. The molecule has 0 saturated carbocycles. The van der Waals surface area contributed by atoms with Crippen LogP contribution >= 0.6 is 0 Å². The highest BCUT2D eigenvalue weighted by Gasteiger charge is 2.34. The zero-order chi connectivity index (χ0) is 36.6. The van der Waals surface area contributed by atoms with E-state index in [1.54, 1.807) is 0 Å². The number of aliphatic hydroxyl groups excluding tert-OH is 1. The highest BCUT2D eigenvalue weighted by molar-refractivity contribution is 5.96. The zero-order valence-corrected chi connectivity index (χ0v) is 27.0. The number of carbonyl (C=O) groups is 9. The van der Waals surface area contributed by atoms with Gasteiger partial charge in [0.2, 0.25) is 41.4 Å². The zero-order valence-electron chi connectivity index (χ0n) is 27.0. The number of rotatable bonds is 20. The van der Waals surface area contributed by atoms with Crippen molar-refractivity contribution < 1.29 is 58.5 Å². The normalized spacial score (nSPS) is 15.3. The lowest BCUT2D eigenvalue weighted by Crippen LogP contribution is -2.60. The van der Waals surface area contributed by atoms with E-state index in [4.69, 9.17) is 10.8 Å². The lowest BCUT2D eigenvalue weighted by atomic mass is 10.0. The van der Waals surface area contributed by atoms with Gasteiger partial charge in [-0.2, -0.15) is 0 Å². The molecule has 0 aliphatic rings. The second-order valence-corrected chi connectivity index (χ2v) is 11.0. The number of hydrogen-bond donors (Lipinski definition) is 11. The van der Waals surface area contributed by atoms with Gasteiger partial charge in [-0.15, -0.1) is 0 Å². The molecule has 0 aromatic carbocycles. The van der Waals surface area contributed by atoms with Crippen LogP contribution in [0.1, 0.15) is 54.4 Å². The average Bonchev–Trinajstić information content (AvgIpc) is 2.97. The minimum Gasteiger partial charge on any atom is -0.481 e. The Hall–Kier alpha value is -4.85. The maximum atomic E-state index is 13.0. The molecule has 20 nitrogen and oxygen atoms in total. The molecule has 7 atom stereocenters. The second-order valence-electron chi connectivity index (χ2n) is 11.0. The number of nitrogens with two attached hydrogens (primary N) is 1. The molecule has 20 heteroatoms. The van der Waals surface area contributed by atoms with Crippen LogP contribution in [0.5, 0.6) is 0 Å². The first-order chi connectivity index (χ1) is 21.7. The van der Waals surface area contributed by atoms with Gasteiger partial charge in [0, 0.05) is 6.42 Å². The van der Waals surface area contributed by atoms with Gasteiger partial charge in [0.25, 0.3) is 0 Å². The summed E-state index contributed by atoms with van der Waals surface area (Å²) in [7, 11) is 0. The molecule has 0 bridgehead atoms. The Labute approximate surface area is 270 Å². The minimum atomic E-state index is -1.67. The predicted molar refractivity (Wildman–Crippen MR) is 162 cm³/mol. The molecule has 12 N–H and O–H groups in total. The molecular formula is C27H46N8O12. The highest BCUT2D eigenvalue weighted by atomic mass is 16.4. The van der Waals surface area contributed by atoms with Gasteiger partial charge in [-0.25, -0.2) is 4.79 Å². The quantitative estimate of drug-likeness (QED) is 0.0577. The molecule has 47 heavy (non-hydrogen) atoms. The molecule has 0 aromatic heterocycles. The van der Waals surface area contributed by atoms with Gasteiger partial charge in [0.1, 0.15) is 36.3 Å². The molecule has 7 unspecified atom stereocenters. The third-order valence-corrected chi connectivity index (χ3v) is 6.48. The fourth-order valence-corrected chi connectivity index (χ4v) is 3.70. The monoisotopic (exact) mass is 674 g/mol. The summed E-state index contributed by atoms with van der Waals surface area (Å²) >= 11 is 0. The molecule has 0 radical (unpaired) electrons. The molecule has 266 valence electrons. The molecule has 7 amide bonds. The van der Waals surface area contributed by atoms with E-state index in [0.717, 1.165) is 6.92 Å². The lowest BCUT2D eigenvalue weighted by Gasteiger charge is -2.27. The van der Waals surface area contributed by atoms with Crippen molar-refractivity contribution >= 4 is 53.3 Å². The van der Waals surface area contributed by atoms with Crippen LogP contribution in [0.25, 0.3) is 0 Å². The third-order valence-electron chi connectivity index (χ3n) is 6.48. The van der Waals surface area contributed by atoms with Crippen molar-refractivity contribution in [3.63, 3.8) is 0 Å². The fraction of sp³-hybridized carbons (Fsp3) is 0.667. The van der Waals surface area contributed by atoms with Crippen molar-refractivity contribution in [2.24, 2.45) is 11.7 Å². The Morgan fingerprint density at radius 3 is 1.55 bits per heavy atom. The van der Waals surface area contributed by atoms with Crippen molar-refractivity contribution in [1.82, 2.24) is 37.2 Å². The fourth-order valence-electron chi connectivity index (χ4n) is 3.70. The Kier molecular flexibility index (Phi) is 18.2. The SMILES string of the molecule is CC(NC(=O)CN)C(=O)NC(C)C(=O)NCC(=O)NC(C)C(=O)NC(CCC(=O)O)C(=O)NC(C(=O)NC(C(=O)O)C(C)C)C(C)O. The Morgan fingerprint density at radius 2 is 1.09 bits per heavy atom. The van der Waals surface area contributed by atoms with Crippen molar-refractivity contribution in [2.75, 3.05) is 13.1 Å². The van der Waals surface area contributed by atoms with Gasteiger partial charge in [0.05, 0.1) is 19.2 Å². The lowest BCUT2D eigenvalue weighted by molar-refractivity contribution is -0.144. The highest BCUT2D eigenvalue weighted by Crippen LogP contribution is 2.06.